The molecule has 50 heavy (non-hydrogen) atoms. The Morgan fingerprint density at radius 3 is 1.54 bits per heavy atom. The zero-order valence-electron chi connectivity index (χ0n) is 27.6. The van der Waals surface area contributed by atoms with Gasteiger partial charge in [-0.25, -0.2) is 0 Å². The average molecular weight is 639 g/mol. The Kier molecular flexibility index (Phi) is 6.50. The van der Waals surface area contributed by atoms with Crippen LogP contribution in [0.4, 0.5) is 11.4 Å². The van der Waals surface area contributed by atoms with E-state index in [0.717, 1.165) is 17.8 Å². The van der Waals surface area contributed by atoms with Gasteiger partial charge in [-0.05, 0) is 99.5 Å². The molecular weight excluding hydrogens is 605 g/mol. The number of benzene rings is 7. The smallest absolute Gasteiger partial charge is 0.0691 e. The number of nitrogens with one attached hydrogen (secondary N) is 1. The molecule has 0 atom stereocenters. The maximum Gasteiger partial charge on any atom is 0.0691 e. The van der Waals surface area contributed by atoms with Crippen LogP contribution in [-0.2, 0) is 5.41 Å². The van der Waals surface area contributed by atoms with Crippen LogP contribution in [0.25, 0.3) is 44.2 Å². The zero-order chi connectivity index (χ0) is 33.1. The fourth-order valence-corrected chi connectivity index (χ4v) is 8.75. The number of aromatic nitrogens is 1. The normalized spacial score (nSPS) is 14.3. The molecule has 2 heteroatoms. The molecule has 0 fully saturated rings. The Balaban J connectivity index is 0.000000127. The van der Waals surface area contributed by atoms with Gasteiger partial charge in [0.05, 0.1) is 16.4 Å². The lowest BCUT2D eigenvalue weighted by Gasteiger charge is -2.32. The molecule has 3 aliphatic rings. The minimum atomic E-state index is -0.0946. The second-order valence-electron chi connectivity index (χ2n) is 13.3. The van der Waals surface area contributed by atoms with Crippen molar-refractivity contribution in [3.8, 4) is 16.8 Å². The van der Waals surface area contributed by atoms with Crippen LogP contribution in [0.3, 0.4) is 0 Å². The third-order valence-electron chi connectivity index (χ3n) is 10.7. The Labute approximate surface area is 292 Å². The second-order valence-corrected chi connectivity index (χ2v) is 13.3. The van der Waals surface area contributed by atoms with E-state index in [9.17, 15) is 0 Å². The van der Waals surface area contributed by atoms with Gasteiger partial charge < -0.3 is 9.88 Å². The lowest BCUT2D eigenvalue weighted by molar-refractivity contribution is 0.749. The van der Waals surface area contributed by atoms with Gasteiger partial charge >= 0.3 is 0 Å². The third kappa shape index (κ3) is 4.15. The quantitative estimate of drug-likeness (QED) is 0.204. The Morgan fingerprint density at radius 2 is 0.920 bits per heavy atom. The van der Waals surface area contributed by atoms with E-state index in [0.29, 0.717) is 0 Å². The first-order valence-corrected chi connectivity index (χ1v) is 17.4. The Morgan fingerprint density at radius 1 is 0.440 bits per heavy atom. The summed E-state index contributed by atoms with van der Waals surface area (Å²) >= 11 is 0. The van der Waals surface area contributed by atoms with Gasteiger partial charge in [-0.15, -0.1) is 0 Å². The number of rotatable bonds is 3. The summed E-state index contributed by atoms with van der Waals surface area (Å²) in [6.07, 6.45) is 5.70. The summed E-state index contributed by atoms with van der Waals surface area (Å²) in [6.45, 7) is 0. The number of hydrogen-bond acceptors (Lipinski definition) is 1. The van der Waals surface area contributed by atoms with Crippen molar-refractivity contribution in [3.63, 3.8) is 0 Å². The first-order valence-electron chi connectivity index (χ1n) is 17.4. The van der Waals surface area contributed by atoms with Crippen molar-refractivity contribution in [2.24, 2.45) is 0 Å². The number of para-hydroxylation sites is 3. The highest BCUT2D eigenvalue weighted by Crippen LogP contribution is 2.63. The van der Waals surface area contributed by atoms with Crippen LogP contribution in [0.15, 0.2) is 194 Å². The van der Waals surface area contributed by atoms with E-state index in [1.165, 1.54) is 66.4 Å². The maximum atomic E-state index is 3.44. The van der Waals surface area contributed by atoms with Crippen LogP contribution in [0, 0.1) is 0 Å². The molecule has 0 saturated carbocycles. The summed E-state index contributed by atoms with van der Waals surface area (Å²) < 4.78 is 2.33. The molecule has 0 bridgehead atoms. The summed E-state index contributed by atoms with van der Waals surface area (Å²) in [6, 6.07) is 62.9. The van der Waals surface area contributed by atoms with Gasteiger partial charge in [0.15, 0.2) is 0 Å². The predicted octanol–water partition coefficient (Wildman–Crippen LogP) is 12.3. The molecular formula is C48H34N2. The van der Waals surface area contributed by atoms with Gasteiger partial charge in [-0.2, -0.15) is 0 Å². The van der Waals surface area contributed by atoms with Gasteiger partial charge in [-0.3, -0.25) is 0 Å². The van der Waals surface area contributed by atoms with E-state index in [-0.39, 0.29) is 5.41 Å². The molecule has 0 saturated heterocycles. The number of fused-ring (bicyclic) bond motifs is 12. The van der Waals surface area contributed by atoms with Crippen LogP contribution in [0.5, 0.6) is 0 Å². The van der Waals surface area contributed by atoms with Gasteiger partial charge in [0, 0.05) is 27.8 Å². The van der Waals surface area contributed by atoms with Crippen molar-refractivity contribution in [2.75, 3.05) is 5.32 Å². The van der Waals surface area contributed by atoms with Crippen LogP contribution in [0.2, 0.25) is 0 Å². The lowest BCUT2D eigenvalue weighted by atomic mass is 9.69. The zero-order valence-corrected chi connectivity index (χ0v) is 27.6. The van der Waals surface area contributed by atoms with Crippen molar-refractivity contribution >= 4 is 38.8 Å². The molecule has 1 aromatic heterocycles. The minimum Gasteiger partial charge on any atom is -0.356 e. The molecule has 3 aliphatic carbocycles. The lowest BCUT2D eigenvalue weighted by Crippen LogP contribution is -2.27. The van der Waals surface area contributed by atoms with Gasteiger partial charge in [-0.1, -0.05) is 140 Å². The second kappa shape index (κ2) is 11.4. The molecule has 0 unspecified atom stereocenters. The number of hydrogen-bond donors (Lipinski definition) is 1. The molecule has 2 nitrogen and oxygen atoms in total. The van der Waals surface area contributed by atoms with E-state index in [2.05, 4.69) is 180 Å². The molecule has 11 rings (SSSR count). The van der Waals surface area contributed by atoms with Crippen LogP contribution in [0.1, 0.15) is 28.7 Å². The van der Waals surface area contributed by atoms with E-state index in [1.54, 1.807) is 5.57 Å². The first kappa shape index (κ1) is 28.6. The molecule has 8 aromatic rings. The van der Waals surface area contributed by atoms with Crippen molar-refractivity contribution in [3.05, 3.63) is 216 Å². The molecule has 1 heterocycles. The highest BCUT2D eigenvalue weighted by atomic mass is 15.0. The standard InChI is InChI=1S/C24H18N2.C24H16/c1-2-8-18(9-3-1)25-19-14-16-20(17-15-19)26-23-12-6-4-10-21(23)22-11-5-7-13-24(22)26;1-4-12-20-16(8-1)17-9-2-5-13-21(17)24(20)22-14-6-3-10-18(22)19-11-7-15-23(19)24/h1-17,25H;1-14H,15H2. The van der Waals surface area contributed by atoms with Gasteiger partial charge in [0.2, 0.25) is 0 Å². The van der Waals surface area contributed by atoms with Crippen LogP contribution < -0.4 is 5.32 Å². The maximum absolute atomic E-state index is 3.44. The van der Waals surface area contributed by atoms with Crippen molar-refractivity contribution < 1.29 is 0 Å². The van der Waals surface area contributed by atoms with Crippen molar-refractivity contribution in [1.29, 1.82) is 0 Å². The molecule has 7 aromatic carbocycles. The van der Waals surface area contributed by atoms with Gasteiger partial charge in [0.25, 0.3) is 0 Å². The summed E-state index contributed by atoms with van der Waals surface area (Å²) in [4.78, 5) is 0. The molecule has 0 radical (unpaired) electrons. The molecule has 1 N–H and O–H groups in total. The Hall–Kier alpha value is -6.38. The molecule has 0 aliphatic heterocycles. The number of nitrogens with zero attached hydrogens (tertiary/aromatic N) is 1. The average Bonchev–Trinajstić information content (AvgIpc) is 3.93. The third-order valence-corrected chi connectivity index (χ3v) is 10.7. The fraction of sp³-hybridized carbons (Fsp3) is 0.0417. The topological polar surface area (TPSA) is 17.0 Å². The largest absolute Gasteiger partial charge is 0.356 e. The first-order chi connectivity index (χ1) is 24.8. The van der Waals surface area contributed by atoms with Crippen molar-refractivity contribution in [2.45, 2.75) is 11.8 Å². The van der Waals surface area contributed by atoms with E-state index >= 15 is 0 Å². The van der Waals surface area contributed by atoms with Crippen LogP contribution in [-0.4, -0.2) is 4.57 Å². The highest BCUT2D eigenvalue weighted by Gasteiger charge is 2.52. The highest BCUT2D eigenvalue weighted by molar-refractivity contribution is 6.09. The van der Waals surface area contributed by atoms with Crippen LogP contribution >= 0.6 is 0 Å². The Bertz CT molecular complexity index is 2540. The number of allylic oxidation sites excluding steroid dienone is 4. The molecule has 1 spiro atoms. The number of anilines is 2. The van der Waals surface area contributed by atoms with Gasteiger partial charge in [0.1, 0.15) is 0 Å². The minimum absolute atomic E-state index is 0.0946. The molecule has 0 amide bonds. The summed E-state index contributed by atoms with van der Waals surface area (Å²) in [5.74, 6) is 0. The van der Waals surface area contributed by atoms with Crippen molar-refractivity contribution in [1.82, 2.24) is 4.57 Å². The SMILES string of the molecule is C1=CC2=C(C1)C1(c3ccccc32)c2ccccc2-c2ccccc21.c1ccc(Nc2ccc(-n3c4ccccc4c4ccccc43)cc2)cc1. The van der Waals surface area contributed by atoms with E-state index in [1.807, 2.05) is 18.2 Å². The predicted molar refractivity (Wildman–Crippen MR) is 209 cm³/mol. The molecule has 236 valence electrons. The monoisotopic (exact) mass is 638 g/mol. The summed E-state index contributed by atoms with van der Waals surface area (Å²) in [5, 5.41) is 6.01. The van der Waals surface area contributed by atoms with E-state index < -0.39 is 0 Å². The fourth-order valence-electron chi connectivity index (χ4n) is 8.75. The van der Waals surface area contributed by atoms with E-state index in [4.69, 9.17) is 0 Å². The summed E-state index contributed by atoms with van der Waals surface area (Å²) in [7, 11) is 0. The summed E-state index contributed by atoms with van der Waals surface area (Å²) in [5.41, 5.74) is 17.3.